The van der Waals surface area contributed by atoms with Crippen LogP contribution in [0.1, 0.15) is 18.1 Å². The molecule has 22 heavy (non-hydrogen) atoms. The summed E-state index contributed by atoms with van der Waals surface area (Å²) >= 11 is 0. The Morgan fingerprint density at radius 2 is 1.55 bits per heavy atom. The molecule has 0 bridgehead atoms. The number of rotatable bonds is 3. The first-order chi connectivity index (χ1) is 10.5. The van der Waals surface area contributed by atoms with Crippen LogP contribution in [-0.4, -0.2) is 4.86 Å². The Morgan fingerprint density at radius 1 is 0.909 bits per heavy atom. The van der Waals surface area contributed by atoms with Crippen molar-refractivity contribution in [3.05, 3.63) is 71.8 Å². The average Bonchev–Trinajstić information content (AvgIpc) is 2.50. The lowest BCUT2D eigenvalue weighted by Crippen LogP contribution is -2.60. The third-order valence-corrected chi connectivity index (χ3v) is 5.82. The molecule has 1 aliphatic heterocycles. The standard InChI is InChI=1S/C16H13ClO4S/c1-12-11-15(13-7-3-2-4-8-13)14-9-5-6-10-16(14)22(12)21-17(18,19)20/h2-11H,1H3. The predicted molar refractivity (Wildman–Crippen MR) is 77.6 cm³/mol. The van der Waals surface area contributed by atoms with Gasteiger partial charge in [-0.15, -0.1) is 0 Å². The van der Waals surface area contributed by atoms with Crippen molar-refractivity contribution in [3.63, 3.8) is 0 Å². The summed E-state index contributed by atoms with van der Waals surface area (Å²) in [6, 6.07) is 17.2. The van der Waals surface area contributed by atoms with E-state index < -0.39 is 21.0 Å². The molecule has 1 aliphatic rings. The Bertz CT molecular complexity index is 763. The first-order valence-corrected chi connectivity index (χ1v) is 8.89. The molecule has 0 radical (unpaired) electrons. The van der Waals surface area contributed by atoms with Gasteiger partial charge >= 0.3 is 0 Å². The Hall–Kier alpha value is -1.47. The smallest absolute Gasteiger partial charge is 0.143 e. The molecule has 0 amide bonds. The summed E-state index contributed by atoms with van der Waals surface area (Å²) in [5.41, 5.74) is 2.89. The average molecular weight is 337 g/mol. The molecule has 4 nitrogen and oxygen atoms in total. The molecule has 114 valence electrons. The number of fused-ring (bicyclic) bond motifs is 1. The zero-order valence-corrected chi connectivity index (χ0v) is 13.3. The van der Waals surface area contributed by atoms with E-state index in [-0.39, 0.29) is 0 Å². The zero-order chi connectivity index (χ0) is 15.7. The molecule has 2 aromatic rings. The minimum absolute atomic E-state index is 0.699. The summed E-state index contributed by atoms with van der Waals surface area (Å²) in [5.74, 6) is 0. The van der Waals surface area contributed by atoms with Crippen LogP contribution in [-0.2, 0) is 3.74 Å². The number of hydrogen-bond acceptors (Lipinski definition) is 4. The highest BCUT2D eigenvalue weighted by Gasteiger charge is 2.30. The fourth-order valence-corrected chi connectivity index (χ4v) is 4.81. The SMILES string of the molecule is CC1=S(O[Cl+3]([O-])([O-])[O-])c2ccccc2C(c2ccccc2)=C1. The largest absolute Gasteiger partial charge is 0.182 e. The van der Waals surface area contributed by atoms with Gasteiger partial charge in [-0.25, -0.2) is 0 Å². The second-order valence-electron chi connectivity index (χ2n) is 4.74. The van der Waals surface area contributed by atoms with Gasteiger partial charge in [0.15, 0.2) is 0 Å². The molecule has 0 spiro atoms. The van der Waals surface area contributed by atoms with Crippen LogP contribution < -0.4 is 14.0 Å². The van der Waals surface area contributed by atoms with E-state index in [2.05, 4.69) is 0 Å². The molecule has 1 unspecified atom stereocenters. The Labute approximate surface area is 133 Å². The van der Waals surface area contributed by atoms with E-state index in [0.29, 0.717) is 9.76 Å². The maximum atomic E-state index is 11.0. The first kappa shape index (κ1) is 15.4. The van der Waals surface area contributed by atoms with Gasteiger partial charge in [-0.05, 0) is 35.8 Å². The summed E-state index contributed by atoms with van der Waals surface area (Å²) in [5, 5.41) is 0. The van der Waals surface area contributed by atoms with E-state index in [9.17, 15) is 14.0 Å². The second-order valence-corrected chi connectivity index (χ2v) is 7.62. The van der Waals surface area contributed by atoms with Crippen molar-refractivity contribution in [2.24, 2.45) is 0 Å². The van der Waals surface area contributed by atoms with Crippen molar-refractivity contribution >= 4 is 21.2 Å². The fourth-order valence-electron chi connectivity index (χ4n) is 2.38. The van der Waals surface area contributed by atoms with Crippen LogP contribution in [0.5, 0.6) is 0 Å². The predicted octanol–water partition coefficient (Wildman–Crippen LogP) is 0.781. The molecule has 0 N–H and O–H groups in total. The third-order valence-electron chi connectivity index (χ3n) is 3.24. The van der Waals surface area contributed by atoms with E-state index in [1.54, 1.807) is 19.1 Å². The van der Waals surface area contributed by atoms with Gasteiger partial charge in [0.2, 0.25) is 0 Å². The lowest BCUT2D eigenvalue weighted by atomic mass is 9.97. The highest BCUT2D eigenvalue weighted by molar-refractivity contribution is 8.12. The molecule has 3 rings (SSSR count). The molecule has 2 aromatic carbocycles. The molecule has 0 aromatic heterocycles. The molecule has 0 saturated carbocycles. The van der Waals surface area contributed by atoms with Crippen LogP contribution in [0.15, 0.2) is 65.6 Å². The number of allylic oxidation sites excluding steroid dienone is 1. The van der Waals surface area contributed by atoms with Gasteiger partial charge in [-0.2, -0.15) is 14.0 Å². The maximum Gasteiger partial charge on any atom is 0.143 e. The van der Waals surface area contributed by atoms with E-state index in [4.69, 9.17) is 3.74 Å². The lowest BCUT2D eigenvalue weighted by Gasteiger charge is -2.21. The molecule has 6 heteroatoms. The summed E-state index contributed by atoms with van der Waals surface area (Å²) < 4.78 is 37.7. The van der Waals surface area contributed by atoms with Crippen LogP contribution in [0.4, 0.5) is 0 Å². The van der Waals surface area contributed by atoms with E-state index in [0.717, 1.165) is 16.7 Å². The number of benzene rings is 2. The van der Waals surface area contributed by atoms with Crippen LogP contribution in [0.25, 0.3) is 5.57 Å². The van der Waals surface area contributed by atoms with E-state index in [1.807, 2.05) is 48.5 Å². The monoisotopic (exact) mass is 336 g/mol. The Balaban J connectivity index is 2.18. The van der Waals surface area contributed by atoms with Gasteiger partial charge < -0.3 is 0 Å². The number of halogens is 1. The van der Waals surface area contributed by atoms with Crippen LogP contribution in [0.2, 0.25) is 0 Å². The summed E-state index contributed by atoms with van der Waals surface area (Å²) in [4.78, 5) is 1.40. The minimum atomic E-state index is -4.48. The highest BCUT2D eigenvalue weighted by Crippen LogP contribution is 2.42. The molecule has 0 aliphatic carbocycles. The van der Waals surface area contributed by atoms with Gasteiger partial charge in [0, 0.05) is 4.86 Å². The second kappa shape index (κ2) is 5.96. The normalized spacial score (nSPS) is 17.9. The quantitative estimate of drug-likeness (QED) is 0.776. The topological polar surface area (TPSA) is 78.4 Å². The zero-order valence-electron chi connectivity index (χ0n) is 11.7. The molecule has 1 atom stereocenters. The van der Waals surface area contributed by atoms with Crippen LogP contribution >= 0.6 is 10.8 Å². The first-order valence-electron chi connectivity index (χ1n) is 6.51. The Morgan fingerprint density at radius 3 is 2.23 bits per heavy atom. The van der Waals surface area contributed by atoms with Crippen molar-refractivity contribution in [2.75, 3.05) is 0 Å². The van der Waals surface area contributed by atoms with Crippen molar-refractivity contribution in [1.29, 1.82) is 0 Å². The molecule has 0 saturated heterocycles. The molecule has 1 heterocycles. The van der Waals surface area contributed by atoms with Crippen LogP contribution in [0.3, 0.4) is 0 Å². The van der Waals surface area contributed by atoms with Crippen LogP contribution in [0, 0.1) is 10.2 Å². The lowest BCUT2D eigenvalue weighted by molar-refractivity contribution is -1.91. The van der Waals surface area contributed by atoms with Gasteiger partial charge in [-0.3, -0.25) is 0 Å². The Kier molecular flexibility index (Phi) is 4.18. The maximum absolute atomic E-state index is 11.0. The van der Waals surface area contributed by atoms with Gasteiger partial charge in [-0.1, -0.05) is 48.5 Å². The van der Waals surface area contributed by atoms with E-state index in [1.165, 1.54) is 0 Å². The van der Waals surface area contributed by atoms with E-state index >= 15 is 0 Å². The molecular formula is C16H13ClO4S. The molecular weight excluding hydrogens is 324 g/mol. The molecule has 0 fully saturated rings. The van der Waals surface area contributed by atoms with Gasteiger partial charge in [0.05, 0.1) is 15.1 Å². The van der Waals surface area contributed by atoms with Crippen molar-refractivity contribution < 1.29 is 28.0 Å². The van der Waals surface area contributed by atoms with Crippen molar-refractivity contribution in [3.8, 4) is 0 Å². The fraction of sp³-hybridized carbons (Fsp3) is 0.0625. The minimum Gasteiger partial charge on any atom is -0.182 e. The van der Waals surface area contributed by atoms with Crippen molar-refractivity contribution in [1.82, 2.24) is 0 Å². The van der Waals surface area contributed by atoms with Gasteiger partial charge in [0.1, 0.15) is 14.5 Å². The summed E-state index contributed by atoms with van der Waals surface area (Å²) in [6.45, 7) is 1.77. The summed E-state index contributed by atoms with van der Waals surface area (Å²) in [7, 11) is -5.68. The summed E-state index contributed by atoms with van der Waals surface area (Å²) in [6.07, 6.45) is 1.88. The highest BCUT2D eigenvalue weighted by atomic mass is 35.7. The third kappa shape index (κ3) is 3.15. The van der Waals surface area contributed by atoms with Gasteiger partial charge in [0.25, 0.3) is 0 Å². The van der Waals surface area contributed by atoms with Crippen molar-refractivity contribution in [2.45, 2.75) is 11.8 Å². The number of hydrogen-bond donors (Lipinski definition) is 0.